The molecule has 36 heavy (non-hydrogen) atoms. The first-order chi connectivity index (χ1) is 17.3. The Kier molecular flexibility index (Phi) is 14.6. The molecule has 0 N–H and O–H groups in total. The van der Waals surface area contributed by atoms with E-state index in [0.717, 1.165) is 11.8 Å². The summed E-state index contributed by atoms with van der Waals surface area (Å²) in [4.78, 5) is 48.3. The molecular formula is C23H36O9S4. The van der Waals surface area contributed by atoms with Crippen LogP contribution in [0.2, 0.25) is 0 Å². The summed E-state index contributed by atoms with van der Waals surface area (Å²) in [6.45, 7) is -1.29. The molecule has 2 saturated carbocycles. The molecule has 0 aromatic carbocycles. The topological polar surface area (TPSA) is 114 Å². The molecule has 2 rings (SSSR count). The highest BCUT2D eigenvalue weighted by Gasteiger charge is 2.40. The number of ether oxygens (including phenoxy) is 5. The Labute approximate surface area is 233 Å². The van der Waals surface area contributed by atoms with E-state index in [2.05, 4.69) is 42.6 Å². The fourth-order valence-corrected chi connectivity index (χ4v) is 6.33. The molecule has 0 heterocycles. The van der Waals surface area contributed by atoms with E-state index in [0.29, 0.717) is 11.0 Å². The van der Waals surface area contributed by atoms with Crippen molar-refractivity contribution in [2.45, 2.75) is 50.2 Å². The number of fused-ring (bicyclic) bond motifs is 2. The van der Waals surface area contributed by atoms with Gasteiger partial charge in [-0.1, -0.05) is 6.42 Å². The van der Waals surface area contributed by atoms with Gasteiger partial charge < -0.3 is 23.7 Å². The molecule has 0 aromatic heterocycles. The predicted molar refractivity (Wildman–Crippen MR) is 145 cm³/mol. The second kappa shape index (κ2) is 16.8. The number of hydrogen-bond donors (Lipinski definition) is 3. The van der Waals surface area contributed by atoms with Crippen LogP contribution in [0.4, 0.5) is 4.79 Å². The monoisotopic (exact) mass is 584 g/mol. The Morgan fingerprint density at radius 2 is 1.28 bits per heavy atom. The van der Waals surface area contributed by atoms with Crippen LogP contribution >= 0.6 is 49.6 Å². The van der Waals surface area contributed by atoms with Gasteiger partial charge in [-0.15, -0.1) is 12.6 Å². The molecule has 3 unspecified atom stereocenters. The summed E-state index contributed by atoms with van der Waals surface area (Å²) in [5.41, 5.74) is -1.32. The second-order valence-electron chi connectivity index (χ2n) is 9.08. The lowest BCUT2D eigenvalue weighted by Gasteiger charge is -2.31. The van der Waals surface area contributed by atoms with E-state index in [1.54, 1.807) is 0 Å². The summed E-state index contributed by atoms with van der Waals surface area (Å²) in [6, 6.07) is 0. The molecule has 9 nitrogen and oxygen atoms in total. The van der Waals surface area contributed by atoms with Crippen molar-refractivity contribution in [2.24, 2.45) is 17.3 Å². The third-order valence-electron chi connectivity index (χ3n) is 6.24. The Balaban J connectivity index is 1.97. The number of rotatable bonds is 17. The number of carbonyl (C=O) groups is 4. The van der Waals surface area contributed by atoms with Crippen LogP contribution in [-0.2, 0) is 38.1 Å². The summed E-state index contributed by atoms with van der Waals surface area (Å²) in [7, 11) is 0. The zero-order valence-corrected chi connectivity index (χ0v) is 23.8. The Bertz CT molecular complexity index is 681. The zero-order valence-electron chi connectivity index (χ0n) is 20.3. The molecule has 0 amide bonds. The maximum atomic E-state index is 12.5. The zero-order chi connectivity index (χ0) is 26.4. The Morgan fingerprint density at radius 3 is 1.75 bits per heavy atom. The molecular weight excluding hydrogens is 549 g/mol. The number of thioether (sulfide) groups is 1. The molecule has 0 radical (unpaired) electrons. The molecule has 0 aromatic rings. The Morgan fingerprint density at radius 1 is 0.722 bits per heavy atom. The van der Waals surface area contributed by atoms with Crippen molar-refractivity contribution in [1.82, 2.24) is 0 Å². The van der Waals surface area contributed by atoms with Gasteiger partial charge in [-0.25, -0.2) is 4.79 Å². The van der Waals surface area contributed by atoms with Crippen LogP contribution in [0.3, 0.4) is 0 Å². The molecule has 0 spiro atoms. The summed E-state index contributed by atoms with van der Waals surface area (Å²) >= 11 is 13.7. The van der Waals surface area contributed by atoms with Gasteiger partial charge >= 0.3 is 24.1 Å². The van der Waals surface area contributed by atoms with Gasteiger partial charge in [-0.05, 0) is 31.1 Å². The maximum Gasteiger partial charge on any atom is 0.509 e. The average molecular weight is 585 g/mol. The van der Waals surface area contributed by atoms with Gasteiger partial charge in [0.1, 0.15) is 37.8 Å². The van der Waals surface area contributed by atoms with Gasteiger partial charge in [-0.3, -0.25) is 14.4 Å². The highest BCUT2D eigenvalue weighted by atomic mass is 32.2. The van der Waals surface area contributed by atoms with Gasteiger partial charge in [0.2, 0.25) is 0 Å². The molecule has 0 aliphatic heterocycles. The summed E-state index contributed by atoms with van der Waals surface area (Å²) in [6.07, 6.45) is 4.46. The van der Waals surface area contributed by atoms with Crippen LogP contribution in [-0.4, -0.2) is 78.9 Å². The number of hydrogen-bond acceptors (Lipinski definition) is 13. The van der Waals surface area contributed by atoms with Crippen LogP contribution in [0.25, 0.3) is 0 Å². The molecule has 206 valence electrons. The number of thiol groups is 3. The first-order valence-electron chi connectivity index (χ1n) is 12.0. The largest absolute Gasteiger partial charge is 0.509 e. The van der Waals surface area contributed by atoms with E-state index in [1.807, 2.05) is 11.8 Å². The summed E-state index contributed by atoms with van der Waals surface area (Å²) in [5, 5.41) is 0.611. The van der Waals surface area contributed by atoms with E-state index in [4.69, 9.17) is 18.9 Å². The highest BCUT2D eigenvalue weighted by Crippen LogP contribution is 2.49. The van der Waals surface area contributed by atoms with Crippen molar-refractivity contribution < 1.29 is 42.9 Å². The van der Waals surface area contributed by atoms with Crippen molar-refractivity contribution in [2.75, 3.05) is 49.6 Å². The van der Waals surface area contributed by atoms with Crippen LogP contribution < -0.4 is 0 Å². The second-order valence-corrected chi connectivity index (χ2v) is 11.6. The normalized spacial score (nSPS) is 20.6. The van der Waals surface area contributed by atoms with E-state index in [9.17, 15) is 19.2 Å². The molecule has 0 saturated heterocycles. The average Bonchev–Trinajstić information content (AvgIpc) is 3.47. The van der Waals surface area contributed by atoms with Gasteiger partial charge in [-0.2, -0.15) is 37.0 Å². The lowest BCUT2D eigenvalue weighted by atomic mass is 9.92. The van der Waals surface area contributed by atoms with Gasteiger partial charge in [0, 0.05) is 22.5 Å². The minimum Gasteiger partial charge on any atom is -0.465 e. The fraction of sp³-hybridized carbons (Fsp3) is 0.826. The third-order valence-corrected chi connectivity index (χ3v) is 8.26. The SMILES string of the molecule is O=C(CCS)OCC(COC(=O)CCS)(COC(=O)CCSC1CC2CCC1C2)COC(=O)OCS. The van der Waals surface area contributed by atoms with Crippen molar-refractivity contribution in [3.05, 3.63) is 0 Å². The van der Waals surface area contributed by atoms with Crippen LogP contribution in [0.15, 0.2) is 0 Å². The quantitative estimate of drug-likeness (QED) is 0.101. The predicted octanol–water partition coefficient (Wildman–Crippen LogP) is 3.59. The summed E-state index contributed by atoms with van der Waals surface area (Å²) in [5.74, 6) is 1.10. The molecule has 3 atom stereocenters. The van der Waals surface area contributed by atoms with Crippen molar-refractivity contribution in [1.29, 1.82) is 0 Å². The lowest BCUT2D eigenvalue weighted by Crippen LogP contribution is -2.44. The Hall–Kier alpha value is -0.920. The number of esters is 3. The standard InChI is InChI=1S/C23H36O9S4/c24-19(3-6-33)28-11-23(12-29-20(25)4-7-34,14-31-22(27)32-15-35)13-30-21(26)5-8-36-18-10-16-1-2-17(18)9-16/h16-18,33-35H,1-15H2. The first kappa shape index (κ1) is 31.3. The summed E-state index contributed by atoms with van der Waals surface area (Å²) < 4.78 is 25.9. The minimum atomic E-state index is -1.32. The third kappa shape index (κ3) is 11.2. The fourth-order valence-electron chi connectivity index (χ4n) is 4.34. The van der Waals surface area contributed by atoms with Crippen LogP contribution in [0.5, 0.6) is 0 Å². The van der Waals surface area contributed by atoms with E-state index < -0.39 is 29.5 Å². The van der Waals surface area contributed by atoms with E-state index in [-0.39, 0.29) is 63.1 Å². The molecule has 2 aliphatic rings. The van der Waals surface area contributed by atoms with Gasteiger partial charge in [0.05, 0.1) is 19.3 Å². The first-order valence-corrected chi connectivity index (χ1v) is 15.0. The van der Waals surface area contributed by atoms with Crippen LogP contribution in [0.1, 0.15) is 44.9 Å². The minimum absolute atomic E-state index is 0.0568. The number of carbonyl (C=O) groups excluding carboxylic acids is 4. The highest BCUT2D eigenvalue weighted by molar-refractivity contribution is 7.99. The molecule has 13 heteroatoms. The van der Waals surface area contributed by atoms with Crippen molar-refractivity contribution in [3.63, 3.8) is 0 Å². The lowest BCUT2D eigenvalue weighted by molar-refractivity contribution is -0.165. The van der Waals surface area contributed by atoms with Gasteiger partial charge in [0.25, 0.3) is 0 Å². The van der Waals surface area contributed by atoms with Gasteiger partial charge in [0.15, 0.2) is 0 Å². The van der Waals surface area contributed by atoms with E-state index >= 15 is 0 Å². The smallest absolute Gasteiger partial charge is 0.465 e. The van der Waals surface area contributed by atoms with E-state index in [1.165, 1.54) is 25.7 Å². The maximum absolute atomic E-state index is 12.5. The molecule has 2 fully saturated rings. The van der Waals surface area contributed by atoms with Crippen LogP contribution in [0, 0.1) is 17.3 Å². The molecule has 2 aliphatic carbocycles. The molecule has 2 bridgehead atoms. The van der Waals surface area contributed by atoms with Crippen molar-refractivity contribution in [3.8, 4) is 0 Å². The van der Waals surface area contributed by atoms with Crippen molar-refractivity contribution >= 4 is 73.7 Å².